The van der Waals surface area contributed by atoms with Crippen LogP contribution in [0.15, 0.2) is 60.9 Å². The fourth-order valence-corrected chi connectivity index (χ4v) is 5.01. The molecular weight excluding hydrogens is 418 g/mol. The number of nitrogens with zero attached hydrogens (tertiary/aromatic N) is 5. The molecular formula is C25H23N5OS. The van der Waals surface area contributed by atoms with Gasteiger partial charge in [-0.2, -0.15) is 5.26 Å². The molecule has 1 unspecified atom stereocenters. The highest BCUT2D eigenvalue weighted by Gasteiger charge is 2.19. The van der Waals surface area contributed by atoms with Gasteiger partial charge in [-0.3, -0.25) is 0 Å². The van der Waals surface area contributed by atoms with Crippen molar-refractivity contribution in [2.75, 3.05) is 18.0 Å². The molecule has 1 fully saturated rings. The molecule has 0 aliphatic carbocycles. The Morgan fingerprint density at radius 1 is 1.03 bits per heavy atom. The van der Waals surface area contributed by atoms with Crippen LogP contribution in [0.2, 0.25) is 0 Å². The molecule has 0 N–H and O–H groups in total. The summed E-state index contributed by atoms with van der Waals surface area (Å²) in [6, 6.07) is 18.1. The second-order valence-corrected chi connectivity index (χ2v) is 8.93. The monoisotopic (exact) mass is 441 g/mol. The molecule has 1 aliphatic rings. The maximum absolute atomic E-state index is 9.86. The normalized spacial score (nSPS) is 14.8. The number of fused-ring (bicyclic) bond motifs is 1. The Morgan fingerprint density at radius 2 is 1.88 bits per heavy atom. The van der Waals surface area contributed by atoms with E-state index < -0.39 is 5.92 Å². The molecule has 0 spiro atoms. The number of hydrogen-bond donors (Lipinski definition) is 0. The fourth-order valence-electron chi connectivity index (χ4n) is 3.97. The highest BCUT2D eigenvalue weighted by molar-refractivity contribution is 7.18. The van der Waals surface area contributed by atoms with Gasteiger partial charge in [0.15, 0.2) is 0 Å². The van der Waals surface area contributed by atoms with E-state index in [1.165, 1.54) is 19.3 Å². The molecule has 7 heteroatoms. The number of piperidine rings is 1. The predicted octanol–water partition coefficient (Wildman–Crippen LogP) is 5.31. The molecule has 4 aromatic rings. The second-order valence-electron chi connectivity index (χ2n) is 7.87. The average molecular weight is 442 g/mol. The molecule has 6 nitrogen and oxygen atoms in total. The Bertz CT molecular complexity index is 1230. The van der Waals surface area contributed by atoms with E-state index in [1.807, 2.05) is 48.7 Å². The van der Waals surface area contributed by atoms with Crippen LogP contribution in [0.4, 0.5) is 5.82 Å². The van der Waals surface area contributed by atoms with Gasteiger partial charge in [0.25, 0.3) is 0 Å². The van der Waals surface area contributed by atoms with E-state index in [0.29, 0.717) is 12.5 Å². The molecule has 1 aliphatic heterocycles. The van der Waals surface area contributed by atoms with E-state index in [1.54, 1.807) is 17.5 Å². The van der Waals surface area contributed by atoms with E-state index in [9.17, 15) is 5.26 Å². The number of ether oxygens (including phenoxy) is 1. The molecule has 0 saturated carbocycles. The molecule has 4 heterocycles. The lowest BCUT2D eigenvalue weighted by atomic mass is 10.0. The van der Waals surface area contributed by atoms with Crippen LogP contribution in [0.1, 0.15) is 41.3 Å². The van der Waals surface area contributed by atoms with Crippen molar-refractivity contribution in [3.63, 3.8) is 0 Å². The van der Waals surface area contributed by atoms with Gasteiger partial charge in [0.1, 0.15) is 23.4 Å². The van der Waals surface area contributed by atoms with Crippen molar-refractivity contribution < 1.29 is 4.74 Å². The lowest BCUT2D eigenvalue weighted by Gasteiger charge is -2.27. The fraction of sp³-hybridized carbons (Fsp3) is 0.280. The van der Waals surface area contributed by atoms with Crippen molar-refractivity contribution in [2.24, 2.45) is 0 Å². The van der Waals surface area contributed by atoms with Gasteiger partial charge in [0.05, 0.1) is 16.3 Å². The largest absolute Gasteiger partial charge is 0.473 e. The predicted molar refractivity (Wildman–Crippen MR) is 126 cm³/mol. The molecule has 0 amide bonds. The summed E-state index contributed by atoms with van der Waals surface area (Å²) in [4.78, 5) is 15.9. The number of benzene rings is 1. The molecule has 5 rings (SSSR count). The highest BCUT2D eigenvalue weighted by atomic mass is 32.1. The molecule has 1 aromatic carbocycles. The lowest BCUT2D eigenvalue weighted by molar-refractivity contribution is 0.293. The van der Waals surface area contributed by atoms with Crippen molar-refractivity contribution in [1.29, 1.82) is 5.26 Å². The van der Waals surface area contributed by atoms with Gasteiger partial charge in [-0.25, -0.2) is 15.0 Å². The van der Waals surface area contributed by atoms with E-state index in [-0.39, 0.29) is 0 Å². The van der Waals surface area contributed by atoms with E-state index >= 15 is 0 Å². The maximum Gasteiger partial charge on any atom is 0.213 e. The highest BCUT2D eigenvalue weighted by Crippen LogP contribution is 2.32. The third-order valence-corrected chi connectivity index (χ3v) is 6.76. The van der Waals surface area contributed by atoms with Crippen molar-refractivity contribution in [2.45, 2.75) is 31.8 Å². The molecule has 3 aromatic heterocycles. The Hall–Kier alpha value is -3.50. The first-order chi connectivity index (χ1) is 15.8. The first-order valence-electron chi connectivity index (χ1n) is 10.8. The summed E-state index contributed by atoms with van der Waals surface area (Å²) in [6.45, 7) is 2.52. The van der Waals surface area contributed by atoms with Crippen molar-refractivity contribution in [3.8, 4) is 11.9 Å². The summed E-state index contributed by atoms with van der Waals surface area (Å²) in [5.74, 6) is 1.05. The summed E-state index contributed by atoms with van der Waals surface area (Å²) >= 11 is 1.55. The maximum atomic E-state index is 9.86. The molecule has 1 saturated heterocycles. The van der Waals surface area contributed by atoms with Crippen LogP contribution in [-0.2, 0) is 6.61 Å². The van der Waals surface area contributed by atoms with Crippen LogP contribution in [0.25, 0.3) is 10.2 Å². The second kappa shape index (κ2) is 9.33. The number of hydrogen-bond acceptors (Lipinski definition) is 7. The van der Waals surface area contributed by atoms with Crippen LogP contribution < -0.4 is 9.64 Å². The van der Waals surface area contributed by atoms with Crippen molar-refractivity contribution in [3.05, 3.63) is 77.1 Å². The minimum atomic E-state index is -0.454. The Balaban J connectivity index is 1.31. The Labute approximate surface area is 191 Å². The van der Waals surface area contributed by atoms with Crippen LogP contribution in [0.3, 0.4) is 0 Å². The minimum absolute atomic E-state index is 0.401. The number of nitriles is 1. The van der Waals surface area contributed by atoms with Crippen molar-refractivity contribution in [1.82, 2.24) is 15.0 Å². The van der Waals surface area contributed by atoms with E-state index in [4.69, 9.17) is 4.74 Å². The van der Waals surface area contributed by atoms with Gasteiger partial charge in [0.2, 0.25) is 5.88 Å². The Kier molecular flexibility index (Phi) is 5.95. The zero-order chi connectivity index (χ0) is 21.8. The van der Waals surface area contributed by atoms with Crippen molar-refractivity contribution >= 4 is 27.4 Å². The van der Waals surface area contributed by atoms with Gasteiger partial charge >= 0.3 is 0 Å². The third-order valence-electron chi connectivity index (χ3n) is 5.66. The average Bonchev–Trinajstić information content (AvgIpc) is 3.28. The summed E-state index contributed by atoms with van der Waals surface area (Å²) in [6.07, 6.45) is 7.25. The zero-order valence-corrected chi connectivity index (χ0v) is 18.5. The number of pyridine rings is 2. The molecule has 0 radical (unpaired) electrons. The number of anilines is 1. The summed E-state index contributed by atoms with van der Waals surface area (Å²) in [5, 5.41) is 10.6. The number of thiazole rings is 1. The number of rotatable bonds is 6. The summed E-state index contributed by atoms with van der Waals surface area (Å²) in [7, 11) is 0. The minimum Gasteiger partial charge on any atom is -0.473 e. The van der Waals surface area contributed by atoms with Gasteiger partial charge in [-0.1, -0.05) is 12.1 Å². The van der Waals surface area contributed by atoms with Gasteiger partial charge in [-0.15, -0.1) is 11.3 Å². The lowest BCUT2D eigenvalue weighted by Crippen LogP contribution is -2.30. The smallest absolute Gasteiger partial charge is 0.213 e. The summed E-state index contributed by atoms with van der Waals surface area (Å²) < 4.78 is 7.06. The number of aromatic nitrogens is 3. The van der Waals surface area contributed by atoms with Gasteiger partial charge in [0, 0.05) is 31.5 Å². The topological polar surface area (TPSA) is 74.9 Å². The zero-order valence-electron chi connectivity index (χ0n) is 17.6. The third kappa shape index (κ3) is 4.41. The SMILES string of the molecule is N#CC(c1ccnc(OCc2ccnc(N3CCCCC3)c2)c1)c1nc2ccccc2s1. The van der Waals surface area contributed by atoms with Gasteiger partial charge < -0.3 is 9.64 Å². The molecule has 1 atom stereocenters. The molecule has 0 bridgehead atoms. The Morgan fingerprint density at radius 3 is 2.72 bits per heavy atom. The quantitative estimate of drug-likeness (QED) is 0.404. The molecule has 160 valence electrons. The number of para-hydroxylation sites is 1. The van der Waals surface area contributed by atoms with Gasteiger partial charge in [-0.05, 0) is 60.7 Å². The molecule has 32 heavy (non-hydrogen) atoms. The first kappa shape index (κ1) is 20.4. The van der Waals surface area contributed by atoms with Crippen LogP contribution in [0, 0.1) is 11.3 Å². The van der Waals surface area contributed by atoms with E-state index in [0.717, 1.165) is 45.3 Å². The van der Waals surface area contributed by atoms with E-state index in [2.05, 4.69) is 32.0 Å². The summed E-state index contributed by atoms with van der Waals surface area (Å²) in [5.41, 5.74) is 2.80. The van der Waals surface area contributed by atoms with Crippen LogP contribution in [-0.4, -0.2) is 28.0 Å². The standard InChI is InChI=1S/C25H23N5OS/c26-16-20(25-29-21-6-2-3-7-22(21)32-25)19-9-11-28-24(15-19)31-17-18-8-10-27-23(14-18)30-12-4-1-5-13-30/h2-3,6-11,14-15,20H,1,4-5,12-13,17H2. The van der Waals surface area contributed by atoms with Crippen LogP contribution in [0.5, 0.6) is 5.88 Å². The van der Waals surface area contributed by atoms with Crippen LogP contribution >= 0.6 is 11.3 Å². The first-order valence-corrected chi connectivity index (χ1v) is 11.7.